The van der Waals surface area contributed by atoms with Gasteiger partial charge in [-0.2, -0.15) is 0 Å². The SMILES string of the molecule is CN(C(=O)C1(N)CCOCC1)c1cccc(OC(F)(F)F)c1. The molecular weight excluding hydrogens is 301 g/mol. The van der Waals surface area contributed by atoms with E-state index in [1.54, 1.807) is 0 Å². The lowest BCUT2D eigenvalue weighted by molar-refractivity contribution is -0.274. The van der Waals surface area contributed by atoms with Crippen molar-refractivity contribution >= 4 is 11.6 Å². The largest absolute Gasteiger partial charge is 0.573 e. The zero-order valence-electron chi connectivity index (χ0n) is 12.0. The second kappa shape index (κ2) is 6.13. The molecule has 1 aromatic carbocycles. The number of halogens is 3. The minimum absolute atomic E-state index is 0.281. The maximum atomic E-state index is 12.5. The molecule has 0 atom stereocenters. The molecule has 1 saturated heterocycles. The predicted molar refractivity (Wildman–Crippen MR) is 73.5 cm³/mol. The van der Waals surface area contributed by atoms with E-state index in [2.05, 4.69) is 4.74 Å². The lowest BCUT2D eigenvalue weighted by Crippen LogP contribution is -2.57. The highest BCUT2D eigenvalue weighted by molar-refractivity contribution is 5.99. The Labute approximate surface area is 125 Å². The number of benzene rings is 1. The molecular formula is C14H17F3N2O3. The Morgan fingerprint density at radius 2 is 2.00 bits per heavy atom. The van der Waals surface area contributed by atoms with E-state index < -0.39 is 11.9 Å². The van der Waals surface area contributed by atoms with Gasteiger partial charge < -0.3 is 20.1 Å². The predicted octanol–water partition coefficient (Wildman–Crippen LogP) is 2.06. The molecule has 22 heavy (non-hydrogen) atoms. The molecule has 5 nitrogen and oxygen atoms in total. The summed E-state index contributed by atoms with van der Waals surface area (Å²) in [5, 5.41) is 0. The molecule has 1 heterocycles. The molecule has 1 aliphatic heterocycles. The van der Waals surface area contributed by atoms with Crippen LogP contribution in [-0.4, -0.2) is 38.1 Å². The number of amides is 1. The molecule has 0 bridgehead atoms. The molecule has 0 unspecified atom stereocenters. The highest BCUT2D eigenvalue weighted by Crippen LogP contribution is 2.28. The highest BCUT2D eigenvalue weighted by atomic mass is 19.4. The number of hydrogen-bond donors (Lipinski definition) is 1. The van der Waals surface area contributed by atoms with Gasteiger partial charge in [-0.05, 0) is 25.0 Å². The highest BCUT2D eigenvalue weighted by Gasteiger charge is 2.38. The first-order chi connectivity index (χ1) is 10.2. The molecule has 8 heteroatoms. The fraction of sp³-hybridized carbons (Fsp3) is 0.500. The van der Waals surface area contributed by atoms with Gasteiger partial charge in [0.1, 0.15) is 11.3 Å². The lowest BCUT2D eigenvalue weighted by atomic mass is 9.89. The zero-order chi connectivity index (χ0) is 16.4. The first kappa shape index (κ1) is 16.6. The Morgan fingerprint density at radius 3 is 2.59 bits per heavy atom. The average Bonchev–Trinajstić information content (AvgIpc) is 2.45. The number of nitrogens with two attached hydrogens (primary N) is 1. The Bertz CT molecular complexity index is 542. The maximum absolute atomic E-state index is 12.5. The first-order valence-electron chi connectivity index (χ1n) is 6.72. The lowest BCUT2D eigenvalue weighted by Gasteiger charge is -2.35. The number of ether oxygens (including phenoxy) is 2. The standard InChI is InChI=1S/C14H17F3N2O3/c1-19(12(20)13(18)5-7-21-8-6-13)10-3-2-4-11(9-10)22-14(15,16)17/h2-4,9H,5-8,18H2,1H3. The molecule has 1 aliphatic rings. The van der Waals surface area contributed by atoms with Crippen molar-refractivity contribution in [3.05, 3.63) is 24.3 Å². The van der Waals surface area contributed by atoms with Gasteiger partial charge in [0, 0.05) is 32.0 Å². The van der Waals surface area contributed by atoms with Crippen molar-refractivity contribution in [1.82, 2.24) is 0 Å². The quantitative estimate of drug-likeness (QED) is 0.926. The fourth-order valence-electron chi connectivity index (χ4n) is 2.29. The molecule has 0 aliphatic carbocycles. The molecule has 122 valence electrons. The number of alkyl halides is 3. The summed E-state index contributed by atoms with van der Waals surface area (Å²) < 4.78 is 45.8. The number of carbonyl (C=O) groups is 1. The van der Waals surface area contributed by atoms with Crippen molar-refractivity contribution < 1.29 is 27.4 Å². The van der Waals surface area contributed by atoms with Crippen molar-refractivity contribution in [2.75, 3.05) is 25.2 Å². The maximum Gasteiger partial charge on any atom is 0.573 e. The fourth-order valence-corrected chi connectivity index (χ4v) is 2.29. The van der Waals surface area contributed by atoms with Crippen LogP contribution in [0.25, 0.3) is 0 Å². The van der Waals surface area contributed by atoms with Gasteiger partial charge in [0.15, 0.2) is 0 Å². The van der Waals surface area contributed by atoms with Crippen molar-refractivity contribution in [3.63, 3.8) is 0 Å². The van der Waals surface area contributed by atoms with Gasteiger partial charge >= 0.3 is 6.36 Å². The number of rotatable bonds is 3. The summed E-state index contributed by atoms with van der Waals surface area (Å²) >= 11 is 0. The van der Waals surface area contributed by atoms with Crippen LogP contribution in [0, 0.1) is 0 Å². The zero-order valence-corrected chi connectivity index (χ0v) is 12.0. The molecule has 2 N–H and O–H groups in total. The third-order valence-corrected chi connectivity index (χ3v) is 3.55. The van der Waals surface area contributed by atoms with Gasteiger partial charge in [-0.1, -0.05) is 6.07 Å². The second-order valence-electron chi connectivity index (χ2n) is 5.18. The van der Waals surface area contributed by atoms with Crippen molar-refractivity contribution in [3.8, 4) is 5.75 Å². The molecule has 0 saturated carbocycles. The van der Waals surface area contributed by atoms with E-state index in [9.17, 15) is 18.0 Å². The van der Waals surface area contributed by atoms with Crippen LogP contribution in [0.4, 0.5) is 18.9 Å². The molecule has 1 fully saturated rings. The van der Waals surface area contributed by atoms with E-state index >= 15 is 0 Å². The van der Waals surface area contributed by atoms with Gasteiger partial charge in [-0.3, -0.25) is 4.79 Å². The summed E-state index contributed by atoms with van der Waals surface area (Å²) in [6, 6.07) is 5.22. The summed E-state index contributed by atoms with van der Waals surface area (Å²) in [5.74, 6) is -0.748. The van der Waals surface area contributed by atoms with Crippen LogP contribution < -0.4 is 15.4 Å². The van der Waals surface area contributed by atoms with Gasteiger partial charge in [0.05, 0.1) is 0 Å². The molecule has 1 amide bonds. The third kappa shape index (κ3) is 3.89. The molecule has 0 spiro atoms. The number of hydrogen-bond acceptors (Lipinski definition) is 4. The van der Waals surface area contributed by atoms with Gasteiger partial charge in [-0.25, -0.2) is 0 Å². The molecule has 0 radical (unpaired) electrons. The Morgan fingerprint density at radius 1 is 1.36 bits per heavy atom. The van der Waals surface area contributed by atoms with E-state index in [1.165, 1.54) is 30.1 Å². The molecule has 0 aromatic heterocycles. The first-order valence-corrected chi connectivity index (χ1v) is 6.72. The van der Waals surface area contributed by atoms with Crippen molar-refractivity contribution in [2.24, 2.45) is 5.73 Å². The topological polar surface area (TPSA) is 64.8 Å². The second-order valence-corrected chi connectivity index (χ2v) is 5.18. The van der Waals surface area contributed by atoms with E-state index in [0.717, 1.165) is 6.07 Å². The third-order valence-electron chi connectivity index (χ3n) is 3.55. The summed E-state index contributed by atoms with van der Waals surface area (Å²) in [4.78, 5) is 13.7. The minimum Gasteiger partial charge on any atom is -0.406 e. The summed E-state index contributed by atoms with van der Waals surface area (Å²) in [7, 11) is 1.47. The minimum atomic E-state index is -4.78. The van der Waals surface area contributed by atoms with Crippen LogP contribution in [0.3, 0.4) is 0 Å². The van der Waals surface area contributed by atoms with E-state index in [0.29, 0.717) is 26.1 Å². The van der Waals surface area contributed by atoms with Crippen LogP contribution in [-0.2, 0) is 9.53 Å². The van der Waals surface area contributed by atoms with Gasteiger partial charge in [0.25, 0.3) is 0 Å². The van der Waals surface area contributed by atoms with Crippen LogP contribution >= 0.6 is 0 Å². The van der Waals surface area contributed by atoms with Crippen LogP contribution in [0.1, 0.15) is 12.8 Å². The van der Waals surface area contributed by atoms with E-state index in [-0.39, 0.29) is 17.3 Å². The number of nitrogens with zero attached hydrogens (tertiary/aromatic N) is 1. The van der Waals surface area contributed by atoms with Crippen LogP contribution in [0.2, 0.25) is 0 Å². The normalized spacial score (nSPS) is 17.9. The molecule has 1 aromatic rings. The Kier molecular flexibility index (Phi) is 4.62. The van der Waals surface area contributed by atoms with Gasteiger partial charge in [0.2, 0.25) is 5.91 Å². The number of carbonyl (C=O) groups excluding carboxylic acids is 1. The summed E-state index contributed by atoms with van der Waals surface area (Å²) in [5.41, 5.74) is 5.32. The van der Waals surface area contributed by atoms with Gasteiger partial charge in [-0.15, -0.1) is 13.2 Å². The van der Waals surface area contributed by atoms with E-state index in [1.807, 2.05) is 0 Å². The Balaban J connectivity index is 2.16. The summed E-state index contributed by atoms with van der Waals surface area (Å²) in [6.07, 6.45) is -4.04. The van der Waals surface area contributed by atoms with Crippen molar-refractivity contribution in [1.29, 1.82) is 0 Å². The Hall–Kier alpha value is -1.80. The van der Waals surface area contributed by atoms with Crippen molar-refractivity contribution in [2.45, 2.75) is 24.7 Å². The summed E-state index contributed by atoms with van der Waals surface area (Å²) in [6.45, 7) is 0.764. The monoisotopic (exact) mass is 318 g/mol. The molecule has 2 rings (SSSR count). The van der Waals surface area contributed by atoms with Crippen LogP contribution in [0.5, 0.6) is 5.75 Å². The number of anilines is 1. The average molecular weight is 318 g/mol. The van der Waals surface area contributed by atoms with Crippen LogP contribution in [0.15, 0.2) is 24.3 Å². The smallest absolute Gasteiger partial charge is 0.406 e. The van der Waals surface area contributed by atoms with E-state index in [4.69, 9.17) is 10.5 Å². The number of likely N-dealkylation sites (N-methyl/N-ethyl adjacent to an activating group) is 1.